The molecule has 1 aromatic heterocycles. The quantitative estimate of drug-likeness (QED) is 0.625. The van der Waals surface area contributed by atoms with Crippen molar-refractivity contribution in [3.05, 3.63) is 71.7 Å². The number of nitrogens with zero attached hydrogens (tertiary/aromatic N) is 4. The van der Waals surface area contributed by atoms with E-state index in [0.29, 0.717) is 42.9 Å². The van der Waals surface area contributed by atoms with Crippen molar-refractivity contribution in [2.75, 3.05) is 27.2 Å². The zero-order valence-corrected chi connectivity index (χ0v) is 18.6. The van der Waals surface area contributed by atoms with Gasteiger partial charge in [-0.25, -0.2) is 9.07 Å². The topological polar surface area (TPSA) is 58.4 Å². The van der Waals surface area contributed by atoms with Crippen LogP contribution in [0.2, 0.25) is 0 Å². The van der Waals surface area contributed by atoms with Crippen LogP contribution in [0.3, 0.4) is 0 Å². The van der Waals surface area contributed by atoms with Crippen LogP contribution in [-0.2, 0) is 4.79 Å². The summed E-state index contributed by atoms with van der Waals surface area (Å²) < 4.78 is 15.0. The molecule has 0 atom stereocenters. The first kappa shape index (κ1) is 21.7. The van der Waals surface area contributed by atoms with Crippen LogP contribution in [0.5, 0.6) is 0 Å². The molecule has 0 bridgehead atoms. The number of hydrogen-bond acceptors (Lipinski definition) is 3. The monoisotopic (exact) mass is 434 g/mol. The Balaban J connectivity index is 1.64. The minimum absolute atomic E-state index is 0.0486. The van der Waals surface area contributed by atoms with Gasteiger partial charge in [0.15, 0.2) is 0 Å². The van der Waals surface area contributed by atoms with Gasteiger partial charge >= 0.3 is 0 Å². The molecule has 0 aliphatic carbocycles. The van der Waals surface area contributed by atoms with Crippen LogP contribution < -0.4 is 0 Å². The van der Waals surface area contributed by atoms with Crippen LogP contribution in [0.15, 0.2) is 54.7 Å². The highest BCUT2D eigenvalue weighted by atomic mass is 19.1. The molecule has 0 spiro atoms. The molecule has 0 saturated carbocycles. The summed E-state index contributed by atoms with van der Waals surface area (Å²) in [5.74, 6) is -0.370. The predicted octanol–water partition coefficient (Wildman–Crippen LogP) is 3.93. The number of halogens is 1. The van der Waals surface area contributed by atoms with E-state index in [-0.39, 0.29) is 23.5 Å². The number of piperidine rings is 1. The molecule has 2 heterocycles. The molecule has 166 valence electrons. The van der Waals surface area contributed by atoms with Gasteiger partial charge in [0.1, 0.15) is 11.5 Å². The van der Waals surface area contributed by atoms with Crippen molar-refractivity contribution in [1.82, 2.24) is 19.6 Å². The molecule has 1 aliphatic rings. The van der Waals surface area contributed by atoms with Gasteiger partial charge in [-0.3, -0.25) is 9.59 Å². The van der Waals surface area contributed by atoms with Crippen molar-refractivity contribution in [3.63, 3.8) is 0 Å². The van der Waals surface area contributed by atoms with E-state index < -0.39 is 0 Å². The van der Waals surface area contributed by atoms with Crippen molar-refractivity contribution < 1.29 is 14.0 Å². The molecule has 1 fully saturated rings. The smallest absolute Gasteiger partial charge is 0.257 e. The Morgan fingerprint density at radius 2 is 1.62 bits per heavy atom. The van der Waals surface area contributed by atoms with Crippen LogP contribution in [0.25, 0.3) is 16.9 Å². The van der Waals surface area contributed by atoms with Crippen LogP contribution in [0, 0.1) is 18.7 Å². The number of amides is 2. The van der Waals surface area contributed by atoms with E-state index in [1.165, 1.54) is 12.1 Å². The molecule has 7 heteroatoms. The van der Waals surface area contributed by atoms with E-state index in [9.17, 15) is 14.0 Å². The number of rotatable bonds is 4. The average molecular weight is 435 g/mol. The number of aryl methyl sites for hydroxylation is 1. The second kappa shape index (κ2) is 8.94. The van der Waals surface area contributed by atoms with Gasteiger partial charge in [0.25, 0.3) is 5.91 Å². The molecular weight excluding hydrogens is 407 g/mol. The zero-order chi connectivity index (χ0) is 22.8. The molecule has 6 nitrogen and oxygen atoms in total. The maximum atomic E-state index is 13.5. The first-order valence-corrected chi connectivity index (χ1v) is 10.8. The fraction of sp³-hybridized carbons (Fsp3) is 0.320. The van der Waals surface area contributed by atoms with E-state index >= 15 is 0 Å². The second-order valence-electron chi connectivity index (χ2n) is 8.48. The average Bonchev–Trinajstić information content (AvgIpc) is 3.24. The molecule has 0 unspecified atom stereocenters. The fourth-order valence-corrected chi connectivity index (χ4v) is 4.05. The molecule has 3 aromatic rings. The highest BCUT2D eigenvalue weighted by Crippen LogP contribution is 2.27. The number of aromatic nitrogens is 2. The normalized spacial score (nSPS) is 14.4. The Hall–Kier alpha value is -3.48. The fourth-order valence-electron chi connectivity index (χ4n) is 4.05. The summed E-state index contributed by atoms with van der Waals surface area (Å²) in [6, 6.07) is 13.9. The number of benzene rings is 2. The Labute approximate surface area is 187 Å². The summed E-state index contributed by atoms with van der Waals surface area (Å²) in [4.78, 5) is 29.2. The third-order valence-corrected chi connectivity index (χ3v) is 5.93. The lowest BCUT2D eigenvalue weighted by Crippen LogP contribution is -2.42. The lowest BCUT2D eigenvalue weighted by Gasteiger charge is -2.32. The number of carbonyl (C=O) groups is 2. The van der Waals surface area contributed by atoms with E-state index in [0.717, 1.165) is 11.1 Å². The summed E-state index contributed by atoms with van der Waals surface area (Å²) in [7, 11) is 3.52. The molecule has 2 amide bonds. The van der Waals surface area contributed by atoms with Gasteiger partial charge in [0.2, 0.25) is 5.91 Å². The highest BCUT2D eigenvalue weighted by molar-refractivity contribution is 6.00. The van der Waals surface area contributed by atoms with Crippen LogP contribution >= 0.6 is 0 Å². The van der Waals surface area contributed by atoms with Crippen LogP contribution in [0.4, 0.5) is 4.39 Å². The maximum Gasteiger partial charge on any atom is 0.257 e. The zero-order valence-electron chi connectivity index (χ0n) is 18.6. The van der Waals surface area contributed by atoms with Crippen LogP contribution in [0.1, 0.15) is 28.8 Å². The molecule has 32 heavy (non-hydrogen) atoms. The van der Waals surface area contributed by atoms with Crippen molar-refractivity contribution in [1.29, 1.82) is 0 Å². The van der Waals surface area contributed by atoms with Crippen molar-refractivity contribution in [2.24, 2.45) is 5.92 Å². The van der Waals surface area contributed by atoms with Gasteiger partial charge in [0, 0.05) is 44.9 Å². The van der Waals surface area contributed by atoms with Gasteiger partial charge in [-0.1, -0.05) is 29.8 Å². The third kappa shape index (κ3) is 4.42. The molecular formula is C25H27FN4O2. The summed E-state index contributed by atoms with van der Waals surface area (Å²) in [6.07, 6.45) is 3.01. The number of likely N-dealkylation sites (tertiary alicyclic amines) is 1. The third-order valence-electron chi connectivity index (χ3n) is 5.93. The minimum Gasteiger partial charge on any atom is -0.349 e. The van der Waals surface area contributed by atoms with Gasteiger partial charge in [-0.05, 0) is 44.0 Å². The molecule has 4 rings (SSSR count). The molecule has 1 saturated heterocycles. The number of carbonyl (C=O) groups excluding carboxylic acids is 2. The van der Waals surface area contributed by atoms with Crippen molar-refractivity contribution in [2.45, 2.75) is 19.8 Å². The summed E-state index contributed by atoms with van der Waals surface area (Å²) in [6.45, 7) is 3.06. The van der Waals surface area contributed by atoms with Gasteiger partial charge < -0.3 is 9.80 Å². The second-order valence-corrected chi connectivity index (χ2v) is 8.48. The lowest BCUT2D eigenvalue weighted by molar-refractivity contribution is -0.134. The van der Waals surface area contributed by atoms with Gasteiger partial charge in [0.05, 0.1) is 11.3 Å². The Morgan fingerprint density at radius 3 is 2.22 bits per heavy atom. The Morgan fingerprint density at radius 1 is 1.00 bits per heavy atom. The standard InChI is InChI=1S/C25H27FN4O2/c1-17-4-6-18(7-5-17)23-22(16-30(27-23)21-10-8-20(26)9-11-21)25(32)29-14-12-19(13-15-29)24(31)28(2)3/h4-11,16,19H,12-15H2,1-3H3. The molecule has 1 aliphatic heterocycles. The van der Waals surface area contributed by atoms with E-state index in [2.05, 4.69) is 5.10 Å². The minimum atomic E-state index is -0.328. The predicted molar refractivity (Wildman–Crippen MR) is 121 cm³/mol. The highest BCUT2D eigenvalue weighted by Gasteiger charge is 2.30. The summed E-state index contributed by atoms with van der Waals surface area (Å²) >= 11 is 0. The molecule has 0 N–H and O–H groups in total. The Bertz CT molecular complexity index is 1110. The maximum absolute atomic E-state index is 13.5. The summed E-state index contributed by atoms with van der Waals surface area (Å²) in [5, 5.41) is 4.68. The lowest BCUT2D eigenvalue weighted by atomic mass is 9.95. The van der Waals surface area contributed by atoms with Crippen LogP contribution in [-0.4, -0.2) is 58.6 Å². The molecule has 2 aromatic carbocycles. The first-order valence-electron chi connectivity index (χ1n) is 10.8. The SMILES string of the molecule is Cc1ccc(-c2nn(-c3ccc(F)cc3)cc2C(=O)N2CCC(C(=O)N(C)C)CC2)cc1. The van der Waals surface area contributed by atoms with Gasteiger partial charge in [-0.2, -0.15) is 5.10 Å². The van der Waals surface area contributed by atoms with E-state index in [1.807, 2.05) is 31.2 Å². The first-order chi connectivity index (χ1) is 15.3. The van der Waals surface area contributed by atoms with Gasteiger partial charge in [-0.15, -0.1) is 0 Å². The van der Waals surface area contributed by atoms with E-state index in [4.69, 9.17) is 0 Å². The summed E-state index contributed by atoms with van der Waals surface area (Å²) in [5.41, 5.74) is 3.72. The number of hydrogen-bond donors (Lipinski definition) is 0. The van der Waals surface area contributed by atoms with E-state index in [1.54, 1.807) is 46.9 Å². The Kier molecular flexibility index (Phi) is 6.08. The largest absolute Gasteiger partial charge is 0.349 e. The molecule has 0 radical (unpaired) electrons. The van der Waals surface area contributed by atoms with Crippen molar-refractivity contribution in [3.8, 4) is 16.9 Å². The van der Waals surface area contributed by atoms with Crippen molar-refractivity contribution >= 4 is 11.8 Å².